The van der Waals surface area contributed by atoms with E-state index in [0.717, 1.165) is 43.9 Å². The molecule has 0 aromatic heterocycles. The van der Waals surface area contributed by atoms with Gasteiger partial charge in [0.05, 0.1) is 12.0 Å². The van der Waals surface area contributed by atoms with Crippen molar-refractivity contribution >= 4 is 29.1 Å². The maximum Gasteiger partial charge on any atom is 0.410 e. The zero-order chi connectivity index (χ0) is 19.9. The Bertz CT molecular complexity index is 581. The van der Waals surface area contributed by atoms with Gasteiger partial charge in [-0.05, 0) is 63.8 Å². The highest BCUT2D eigenvalue weighted by Gasteiger charge is 2.26. The number of rotatable bonds is 7. The standard InChI is InChI=1S/C20H32ClN3O3/c1-20(2,3)27-19(26)24-10-8-15(9-11-24)13-22-16-4-6-17(7-5-16)23-14-18(25)12-21/h4-7,15,18,22-23,25H,8-14H2,1-3H3. The minimum Gasteiger partial charge on any atom is -0.444 e. The van der Waals surface area contributed by atoms with Crippen LogP contribution in [0.3, 0.4) is 0 Å². The first kappa shape index (κ1) is 21.6. The number of piperidine rings is 1. The van der Waals surface area contributed by atoms with Crippen LogP contribution < -0.4 is 10.6 Å². The van der Waals surface area contributed by atoms with Crippen molar-refractivity contribution in [3.05, 3.63) is 24.3 Å². The molecule has 1 aromatic carbocycles. The van der Waals surface area contributed by atoms with Gasteiger partial charge in [0.1, 0.15) is 5.60 Å². The highest BCUT2D eigenvalue weighted by molar-refractivity contribution is 6.18. The van der Waals surface area contributed by atoms with Crippen molar-refractivity contribution in [3.8, 4) is 0 Å². The number of halogens is 1. The molecule has 152 valence electrons. The molecule has 1 aromatic rings. The molecule has 1 heterocycles. The highest BCUT2D eigenvalue weighted by Crippen LogP contribution is 2.21. The Morgan fingerprint density at radius 3 is 2.30 bits per heavy atom. The molecule has 7 heteroatoms. The van der Waals surface area contributed by atoms with Gasteiger partial charge in [0, 0.05) is 37.6 Å². The van der Waals surface area contributed by atoms with Crippen molar-refractivity contribution in [2.45, 2.75) is 45.3 Å². The molecule has 6 nitrogen and oxygen atoms in total. The van der Waals surface area contributed by atoms with E-state index in [4.69, 9.17) is 16.3 Å². The number of amides is 1. The lowest BCUT2D eigenvalue weighted by molar-refractivity contribution is 0.0188. The average molecular weight is 398 g/mol. The Balaban J connectivity index is 1.70. The van der Waals surface area contributed by atoms with Gasteiger partial charge in [-0.1, -0.05) is 0 Å². The van der Waals surface area contributed by atoms with Gasteiger partial charge in [-0.2, -0.15) is 0 Å². The smallest absolute Gasteiger partial charge is 0.410 e. The van der Waals surface area contributed by atoms with E-state index < -0.39 is 11.7 Å². The monoisotopic (exact) mass is 397 g/mol. The van der Waals surface area contributed by atoms with Gasteiger partial charge in [0.2, 0.25) is 0 Å². The minimum absolute atomic E-state index is 0.212. The van der Waals surface area contributed by atoms with Crippen LogP contribution in [0.5, 0.6) is 0 Å². The first-order chi connectivity index (χ1) is 12.8. The molecule has 1 saturated heterocycles. The molecule has 0 spiro atoms. The van der Waals surface area contributed by atoms with Gasteiger partial charge in [-0.15, -0.1) is 11.6 Å². The Labute approximate surface area is 167 Å². The number of hydrogen-bond donors (Lipinski definition) is 3. The van der Waals surface area contributed by atoms with Gasteiger partial charge in [-0.25, -0.2) is 4.79 Å². The second kappa shape index (κ2) is 10.0. The van der Waals surface area contributed by atoms with E-state index >= 15 is 0 Å². The molecule has 0 radical (unpaired) electrons. The van der Waals surface area contributed by atoms with Crippen molar-refractivity contribution in [1.29, 1.82) is 0 Å². The van der Waals surface area contributed by atoms with Crippen LogP contribution in [-0.2, 0) is 4.74 Å². The molecule has 1 atom stereocenters. The van der Waals surface area contributed by atoms with E-state index in [9.17, 15) is 9.90 Å². The Hall–Kier alpha value is -1.66. The number of anilines is 2. The molecular weight excluding hydrogens is 366 g/mol. The van der Waals surface area contributed by atoms with E-state index in [0.29, 0.717) is 12.5 Å². The lowest BCUT2D eigenvalue weighted by atomic mass is 9.97. The van der Waals surface area contributed by atoms with Gasteiger partial charge in [0.15, 0.2) is 0 Å². The van der Waals surface area contributed by atoms with Crippen molar-refractivity contribution < 1.29 is 14.6 Å². The number of hydrogen-bond acceptors (Lipinski definition) is 5. The SMILES string of the molecule is CC(C)(C)OC(=O)N1CCC(CNc2ccc(NCC(O)CCl)cc2)CC1. The summed E-state index contributed by atoms with van der Waals surface area (Å²) in [6.45, 7) is 8.49. The van der Waals surface area contributed by atoms with Crippen LogP contribution in [0, 0.1) is 5.92 Å². The number of alkyl halides is 1. The number of likely N-dealkylation sites (tertiary alicyclic amines) is 1. The molecule has 1 fully saturated rings. The molecule has 2 rings (SSSR count). The summed E-state index contributed by atoms with van der Waals surface area (Å²) in [6, 6.07) is 8.00. The van der Waals surface area contributed by atoms with Gasteiger partial charge in [0.25, 0.3) is 0 Å². The summed E-state index contributed by atoms with van der Waals surface area (Å²) in [7, 11) is 0. The van der Waals surface area contributed by atoms with Gasteiger partial charge in [-0.3, -0.25) is 0 Å². The zero-order valence-electron chi connectivity index (χ0n) is 16.5. The molecular formula is C20H32ClN3O3. The van der Waals surface area contributed by atoms with E-state index in [1.54, 1.807) is 4.90 Å². The van der Waals surface area contributed by atoms with Crippen LogP contribution in [0.1, 0.15) is 33.6 Å². The summed E-state index contributed by atoms with van der Waals surface area (Å²) in [6.07, 6.45) is 1.19. The van der Waals surface area contributed by atoms with Crippen LogP contribution >= 0.6 is 11.6 Å². The second-order valence-corrected chi connectivity index (χ2v) is 8.37. The normalized spacial score (nSPS) is 16.7. The summed E-state index contributed by atoms with van der Waals surface area (Å²) in [5.74, 6) is 0.764. The number of carbonyl (C=O) groups excluding carboxylic acids is 1. The molecule has 0 bridgehead atoms. The fraction of sp³-hybridized carbons (Fsp3) is 0.650. The summed E-state index contributed by atoms with van der Waals surface area (Å²) in [5.41, 5.74) is 1.57. The van der Waals surface area contributed by atoms with Crippen molar-refractivity contribution in [2.24, 2.45) is 5.92 Å². The Kier molecular flexibility index (Phi) is 8.05. The Morgan fingerprint density at radius 2 is 1.78 bits per heavy atom. The Morgan fingerprint density at radius 1 is 1.22 bits per heavy atom. The lowest BCUT2D eigenvalue weighted by Crippen LogP contribution is -2.42. The molecule has 1 unspecified atom stereocenters. The third kappa shape index (κ3) is 7.85. The fourth-order valence-corrected chi connectivity index (χ4v) is 3.01. The number of benzene rings is 1. The number of nitrogens with one attached hydrogen (secondary N) is 2. The zero-order valence-corrected chi connectivity index (χ0v) is 17.3. The molecule has 3 N–H and O–H groups in total. The fourth-order valence-electron chi connectivity index (χ4n) is 2.90. The molecule has 0 saturated carbocycles. The number of carbonyl (C=O) groups is 1. The van der Waals surface area contributed by atoms with Crippen LogP contribution in [0.15, 0.2) is 24.3 Å². The molecule has 1 aliphatic heterocycles. The van der Waals surface area contributed by atoms with Crippen molar-refractivity contribution in [1.82, 2.24) is 4.90 Å². The predicted octanol–water partition coefficient (Wildman–Crippen LogP) is 3.76. The van der Waals surface area contributed by atoms with Crippen LogP contribution in [-0.4, -0.2) is 59.9 Å². The average Bonchev–Trinajstić information content (AvgIpc) is 2.64. The van der Waals surface area contributed by atoms with Gasteiger partial charge >= 0.3 is 6.09 Å². The van der Waals surface area contributed by atoms with Crippen LogP contribution in [0.2, 0.25) is 0 Å². The number of aliphatic hydroxyl groups excluding tert-OH is 1. The summed E-state index contributed by atoms with van der Waals surface area (Å²) in [4.78, 5) is 13.9. The van der Waals surface area contributed by atoms with E-state index in [1.807, 2.05) is 45.0 Å². The molecule has 27 heavy (non-hydrogen) atoms. The van der Waals surface area contributed by atoms with E-state index in [1.165, 1.54) is 0 Å². The van der Waals surface area contributed by atoms with Gasteiger partial charge < -0.3 is 25.4 Å². The second-order valence-electron chi connectivity index (χ2n) is 8.06. The third-order valence-electron chi connectivity index (χ3n) is 4.47. The van der Waals surface area contributed by atoms with Crippen LogP contribution in [0.4, 0.5) is 16.2 Å². The summed E-state index contributed by atoms with van der Waals surface area (Å²) < 4.78 is 5.44. The first-order valence-corrected chi connectivity index (χ1v) is 10.1. The summed E-state index contributed by atoms with van der Waals surface area (Å²) >= 11 is 5.58. The van der Waals surface area contributed by atoms with E-state index in [-0.39, 0.29) is 12.0 Å². The third-order valence-corrected chi connectivity index (χ3v) is 4.82. The topological polar surface area (TPSA) is 73.8 Å². The first-order valence-electron chi connectivity index (χ1n) is 9.56. The molecule has 0 aliphatic carbocycles. The molecule has 1 aliphatic rings. The maximum atomic E-state index is 12.1. The molecule has 1 amide bonds. The van der Waals surface area contributed by atoms with E-state index in [2.05, 4.69) is 10.6 Å². The summed E-state index contributed by atoms with van der Waals surface area (Å²) in [5, 5.41) is 16.1. The van der Waals surface area contributed by atoms with Crippen LogP contribution in [0.25, 0.3) is 0 Å². The number of ether oxygens (including phenoxy) is 1. The minimum atomic E-state index is -0.545. The highest BCUT2D eigenvalue weighted by atomic mass is 35.5. The largest absolute Gasteiger partial charge is 0.444 e. The quantitative estimate of drug-likeness (QED) is 0.611. The lowest BCUT2D eigenvalue weighted by Gasteiger charge is -2.33. The van der Waals surface area contributed by atoms with Crippen molar-refractivity contribution in [3.63, 3.8) is 0 Å². The predicted molar refractivity (Wildman–Crippen MR) is 111 cm³/mol. The maximum absolute atomic E-state index is 12.1. The number of aliphatic hydroxyl groups is 1. The van der Waals surface area contributed by atoms with Crippen molar-refractivity contribution in [2.75, 3.05) is 42.7 Å². The number of nitrogens with zero attached hydrogens (tertiary/aromatic N) is 1.